The Balaban J connectivity index is 4.00. The Hall–Kier alpha value is -0.490. The summed E-state index contributed by atoms with van der Waals surface area (Å²) in [6, 6.07) is -1.15. The molecule has 0 aromatic carbocycles. The molecule has 0 saturated heterocycles. The van der Waals surface area contributed by atoms with Crippen LogP contribution in [0.15, 0.2) is 0 Å². The summed E-state index contributed by atoms with van der Waals surface area (Å²) in [5, 5.41) is 26.7. The molecule has 0 radical (unpaired) electrons. The third-order valence-corrected chi connectivity index (χ3v) is 1.40. The van der Waals surface area contributed by atoms with E-state index in [1.807, 2.05) is 0 Å². The Labute approximate surface area is 64.4 Å². The van der Waals surface area contributed by atoms with Crippen molar-refractivity contribution in [2.24, 2.45) is 5.73 Å². The van der Waals surface area contributed by atoms with E-state index in [0.29, 0.717) is 6.29 Å². The van der Waals surface area contributed by atoms with Crippen LogP contribution in [0.2, 0.25) is 0 Å². The van der Waals surface area contributed by atoms with Crippen molar-refractivity contribution in [2.45, 2.75) is 31.3 Å². The van der Waals surface area contributed by atoms with Crippen molar-refractivity contribution in [1.82, 2.24) is 0 Å². The molecule has 4 atom stereocenters. The molecular weight excluding hydrogens is 150 g/mol. The number of rotatable bonds is 4. The minimum absolute atomic E-state index is 0.316. The first kappa shape index (κ1) is 10.5. The van der Waals surface area contributed by atoms with Crippen LogP contribution in [0, 0.1) is 0 Å². The summed E-state index contributed by atoms with van der Waals surface area (Å²) in [7, 11) is 0. The van der Waals surface area contributed by atoms with E-state index < -0.39 is 24.4 Å². The molecule has 11 heavy (non-hydrogen) atoms. The molecule has 0 bridgehead atoms. The van der Waals surface area contributed by atoms with Crippen LogP contribution in [-0.4, -0.2) is 46.0 Å². The van der Waals surface area contributed by atoms with Crippen molar-refractivity contribution >= 4 is 6.29 Å². The van der Waals surface area contributed by atoms with E-state index >= 15 is 0 Å². The first-order chi connectivity index (χ1) is 5.00. The second kappa shape index (κ2) is 4.40. The lowest BCUT2D eigenvalue weighted by molar-refractivity contribution is -0.115. The maximum atomic E-state index is 10.00. The van der Waals surface area contributed by atoms with Crippen molar-refractivity contribution in [3.63, 3.8) is 0 Å². The van der Waals surface area contributed by atoms with E-state index in [9.17, 15) is 4.79 Å². The number of hydrogen-bond acceptors (Lipinski definition) is 5. The number of carbonyl (C=O) groups excluding carboxylic acids is 1. The van der Waals surface area contributed by atoms with Crippen LogP contribution in [0.5, 0.6) is 0 Å². The number of aldehydes is 1. The van der Waals surface area contributed by atoms with Crippen molar-refractivity contribution in [2.75, 3.05) is 0 Å². The predicted molar refractivity (Wildman–Crippen MR) is 37.7 cm³/mol. The summed E-state index contributed by atoms with van der Waals surface area (Å²) >= 11 is 0. The van der Waals surface area contributed by atoms with Gasteiger partial charge >= 0.3 is 0 Å². The number of aliphatic hydroxyl groups is 3. The van der Waals surface area contributed by atoms with Gasteiger partial charge in [-0.15, -0.1) is 0 Å². The van der Waals surface area contributed by atoms with Gasteiger partial charge in [0.15, 0.2) is 0 Å². The van der Waals surface area contributed by atoms with Crippen molar-refractivity contribution in [3.8, 4) is 0 Å². The van der Waals surface area contributed by atoms with E-state index in [1.54, 1.807) is 0 Å². The monoisotopic (exact) mass is 163 g/mol. The first-order valence-electron chi connectivity index (χ1n) is 3.25. The summed E-state index contributed by atoms with van der Waals surface area (Å²) in [6.07, 6.45) is -3.57. The largest absolute Gasteiger partial charge is 0.391 e. The summed E-state index contributed by atoms with van der Waals surface area (Å²) < 4.78 is 0. The van der Waals surface area contributed by atoms with Crippen molar-refractivity contribution in [1.29, 1.82) is 0 Å². The Kier molecular flexibility index (Phi) is 4.20. The molecular formula is C6H13NO4. The molecule has 0 saturated carbocycles. The zero-order chi connectivity index (χ0) is 9.02. The van der Waals surface area contributed by atoms with Crippen LogP contribution < -0.4 is 5.73 Å². The molecule has 0 heterocycles. The first-order valence-corrected chi connectivity index (χ1v) is 3.25. The highest BCUT2D eigenvalue weighted by Crippen LogP contribution is 2.01. The number of hydrogen-bond donors (Lipinski definition) is 4. The molecule has 5 nitrogen and oxygen atoms in total. The average molecular weight is 163 g/mol. The molecule has 0 aromatic rings. The van der Waals surface area contributed by atoms with Crippen LogP contribution in [0.3, 0.4) is 0 Å². The lowest BCUT2D eigenvalue weighted by Gasteiger charge is -2.21. The van der Waals surface area contributed by atoms with Gasteiger partial charge in [-0.3, -0.25) is 0 Å². The number of carbonyl (C=O) groups is 1. The van der Waals surface area contributed by atoms with Crippen LogP contribution >= 0.6 is 0 Å². The molecule has 5 N–H and O–H groups in total. The SMILES string of the molecule is CC(O)[C@@H](O)[C@H](O)[C@H](N)C=O. The Morgan fingerprint density at radius 2 is 1.73 bits per heavy atom. The van der Waals surface area contributed by atoms with Crippen LogP contribution in [0.4, 0.5) is 0 Å². The zero-order valence-electron chi connectivity index (χ0n) is 6.21. The standard InChI is InChI=1S/C6H13NO4/c1-3(9)5(10)6(11)4(7)2-8/h2-6,9-11H,7H2,1H3/t3?,4-,5-,6-/m1/s1. The molecule has 0 aliphatic carbocycles. The van der Waals surface area contributed by atoms with Gasteiger partial charge in [0.1, 0.15) is 18.5 Å². The Bertz CT molecular complexity index is 128. The van der Waals surface area contributed by atoms with E-state index in [-0.39, 0.29) is 0 Å². The van der Waals surface area contributed by atoms with E-state index in [1.165, 1.54) is 6.92 Å². The molecule has 0 amide bonds. The molecule has 0 aliphatic rings. The molecule has 66 valence electrons. The molecule has 0 spiro atoms. The minimum Gasteiger partial charge on any atom is -0.391 e. The van der Waals surface area contributed by atoms with Crippen LogP contribution in [-0.2, 0) is 4.79 Å². The van der Waals surface area contributed by atoms with E-state index in [2.05, 4.69) is 0 Å². The van der Waals surface area contributed by atoms with Crippen LogP contribution in [0.25, 0.3) is 0 Å². The smallest absolute Gasteiger partial charge is 0.139 e. The maximum absolute atomic E-state index is 10.00. The fourth-order valence-electron chi connectivity index (χ4n) is 0.594. The second-order valence-corrected chi connectivity index (χ2v) is 2.44. The lowest BCUT2D eigenvalue weighted by atomic mass is 10.0. The minimum atomic E-state index is -1.41. The van der Waals surface area contributed by atoms with Gasteiger partial charge in [-0.1, -0.05) is 0 Å². The van der Waals surface area contributed by atoms with E-state index in [0.717, 1.165) is 0 Å². The molecule has 0 rings (SSSR count). The van der Waals surface area contributed by atoms with Gasteiger partial charge in [0.2, 0.25) is 0 Å². The summed E-state index contributed by atoms with van der Waals surface area (Å²) in [5.74, 6) is 0. The number of aliphatic hydroxyl groups excluding tert-OH is 3. The Morgan fingerprint density at radius 1 is 1.27 bits per heavy atom. The highest BCUT2D eigenvalue weighted by Gasteiger charge is 2.26. The van der Waals surface area contributed by atoms with Crippen molar-refractivity contribution < 1.29 is 20.1 Å². The average Bonchev–Trinajstić information content (AvgIpc) is 2.00. The summed E-state index contributed by atoms with van der Waals surface area (Å²) in [5.41, 5.74) is 5.07. The molecule has 0 aliphatic heterocycles. The summed E-state index contributed by atoms with van der Waals surface area (Å²) in [4.78, 5) is 10.00. The van der Waals surface area contributed by atoms with Gasteiger partial charge in [-0.2, -0.15) is 0 Å². The Morgan fingerprint density at radius 3 is 2.00 bits per heavy atom. The van der Waals surface area contributed by atoms with Gasteiger partial charge in [-0.25, -0.2) is 0 Å². The molecule has 0 aromatic heterocycles. The highest BCUT2D eigenvalue weighted by atomic mass is 16.4. The van der Waals surface area contributed by atoms with Gasteiger partial charge in [0.05, 0.1) is 12.1 Å². The topological polar surface area (TPSA) is 104 Å². The zero-order valence-corrected chi connectivity index (χ0v) is 6.21. The predicted octanol–water partition coefficient (Wildman–Crippen LogP) is -2.38. The molecule has 0 fully saturated rings. The fraction of sp³-hybridized carbons (Fsp3) is 0.833. The third kappa shape index (κ3) is 2.94. The highest BCUT2D eigenvalue weighted by molar-refractivity contribution is 5.58. The second-order valence-electron chi connectivity index (χ2n) is 2.44. The number of nitrogens with two attached hydrogens (primary N) is 1. The quantitative estimate of drug-likeness (QED) is 0.346. The third-order valence-electron chi connectivity index (χ3n) is 1.40. The van der Waals surface area contributed by atoms with Gasteiger partial charge < -0.3 is 25.8 Å². The lowest BCUT2D eigenvalue weighted by Crippen LogP contribution is -2.48. The normalized spacial score (nSPS) is 21.9. The fourth-order valence-corrected chi connectivity index (χ4v) is 0.594. The summed E-state index contributed by atoms with van der Waals surface area (Å²) in [6.45, 7) is 1.30. The van der Waals surface area contributed by atoms with Gasteiger partial charge in [0, 0.05) is 0 Å². The van der Waals surface area contributed by atoms with E-state index in [4.69, 9.17) is 21.1 Å². The van der Waals surface area contributed by atoms with Crippen LogP contribution in [0.1, 0.15) is 6.92 Å². The maximum Gasteiger partial charge on any atom is 0.139 e. The van der Waals surface area contributed by atoms with Gasteiger partial charge in [-0.05, 0) is 6.92 Å². The molecule has 5 heteroatoms. The van der Waals surface area contributed by atoms with Crippen molar-refractivity contribution in [3.05, 3.63) is 0 Å². The van der Waals surface area contributed by atoms with Gasteiger partial charge in [0.25, 0.3) is 0 Å². The molecule has 1 unspecified atom stereocenters.